The van der Waals surface area contributed by atoms with E-state index in [2.05, 4.69) is 27.7 Å². The van der Waals surface area contributed by atoms with Gasteiger partial charge in [0.25, 0.3) is 0 Å². The summed E-state index contributed by atoms with van der Waals surface area (Å²) in [6.45, 7) is 3.39. The molecule has 20 heavy (non-hydrogen) atoms. The van der Waals surface area contributed by atoms with Gasteiger partial charge in [-0.05, 0) is 37.6 Å². The quantitative estimate of drug-likeness (QED) is 0.868. The van der Waals surface area contributed by atoms with Crippen LogP contribution in [0.1, 0.15) is 18.4 Å². The van der Waals surface area contributed by atoms with E-state index >= 15 is 0 Å². The maximum absolute atomic E-state index is 11.5. The fourth-order valence-electron chi connectivity index (χ4n) is 2.52. The van der Waals surface area contributed by atoms with E-state index in [1.165, 1.54) is 5.56 Å². The smallest absolute Gasteiger partial charge is 0.234 e. The van der Waals surface area contributed by atoms with Crippen LogP contribution in [0.2, 0.25) is 5.02 Å². The average molecular weight is 296 g/mol. The zero-order chi connectivity index (χ0) is 14.4. The van der Waals surface area contributed by atoms with Gasteiger partial charge in [0, 0.05) is 30.7 Å². The van der Waals surface area contributed by atoms with Gasteiger partial charge in [-0.2, -0.15) is 0 Å². The minimum Gasteiger partial charge on any atom is -0.352 e. The van der Waals surface area contributed by atoms with Crippen molar-refractivity contribution in [2.24, 2.45) is 0 Å². The molecule has 2 N–H and O–H groups in total. The summed E-state index contributed by atoms with van der Waals surface area (Å²) in [6.07, 6.45) is 2.03. The zero-order valence-corrected chi connectivity index (χ0v) is 12.6. The van der Waals surface area contributed by atoms with E-state index in [1.54, 1.807) is 7.05 Å². The first-order valence-corrected chi connectivity index (χ1v) is 7.46. The Balaban J connectivity index is 1.74. The molecule has 0 aliphatic carbocycles. The van der Waals surface area contributed by atoms with Crippen LogP contribution in [0.25, 0.3) is 0 Å². The van der Waals surface area contributed by atoms with Crippen LogP contribution in [0, 0.1) is 0 Å². The molecule has 0 aromatic heterocycles. The van der Waals surface area contributed by atoms with Crippen LogP contribution >= 0.6 is 11.6 Å². The number of carbonyl (C=O) groups is 1. The fourth-order valence-corrected chi connectivity index (χ4v) is 2.65. The molecule has 0 unspecified atom stereocenters. The number of amides is 1. The lowest BCUT2D eigenvalue weighted by molar-refractivity contribution is -0.121. The zero-order valence-electron chi connectivity index (χ0n) is 11.9. The Morgan fingerprint density at radius 2 is 1.95 bits per heavy atom. The summed E-state index contributed by atoms with van der Waals surface area (Å²) < 4.78 is 0. The summed E-state index contributed by atoms with van der Waals surface area (Å²) in [7, 11) is 1.79. The molecule has 1 aromatic rings. The van der Waals surface area contributed by atoms with Crippen LogP contribution < -0.4 is 10.6 Å². The number of hydrogen-bond donors (Lipinski definition) is 2. The Bertz CT molecular complexity index is 427. The molecule has 1 fully saturated rings. The third kappa shape index (κ3) is 4.78. The summed E-state index contributed by atoms with van der Waals surface area (Å²) in [5, 5.41) is 6.71. The molecule has 0 saturated carbocycles. The normalized spacial score (nSPS) is 17.1. The first-order valence-electron chi connectivity index (χ1n) is 7.08. The van der Waals surface area contributed by atoms with Gasteiger partial charge in [0.1, 0.15) is 0 Å². The highest BCUT2D eigenvalue weighted by atomic mass is 35.5. The number of nitrogens with zero attached hydrogens (tertiary/aromatic N) is 1. The minimum absolute atomic E-state index is 0.0867. The van der Waals surface area contributed by atoms with Gasteiger partial charge in [0.2, 0.25) is 5.91 Å². The number of likely N-dealkylation sites (N-methyl/N-ethyl adjacent to an activating group) is 1. The van der Waals surface area contributed by atoms with Gasteiger partial charge < -0.3 is 10.6 Å². The Kier molecular flexibility index (Phi) is 5.83. The molecular formula is C15H22ClN3O. The van der Waals surface area contributed by atoms with Crippen molar-refractivity contribution in [1.82, 2.24) is 15.5 Å². The van der Waals surface area contributed by atoms with Crippen molar-refractivity contribution >= 4 is 17.5 Å². The van der Waals surface area contributed by atoms with Crippen molar-refractivity contribution in [3.05, 3.63) is 34.9 Å². The Morgan fingerprint density at radius 3 is 2.55 bits per heavy atom. The predicted molar refractivity (Wildman–Crippen MR) is 81.8 cm³/mol. The SMILES string of the molecule is CNCC(=O)NC1CCN(Cc2ccc(Cl)cc2)CC1. The summed E-state index contributed by atoms with van der Waals surface area (Å²) in [5.74, 6) is 0.0867. The molecular weight excluding hydrogens is 274 g/mol. The Morgan fingerprint density at radius 1 is 1.30 bits per heavy atom. The number of piperidine rings is 1. The fraction of sp³-hybridized carbons (Fsp3) is 0.533. The van der Waals surface area contributed by atoms with Crippen LogP contribution in [0.15, 0.2) is 24.3 Å². The second-order valence-corrected chi connectivity index (χ2v) is 5.71. The Labute approximate surface area is 125 Å². The summed E-state index contributed by atoms with van der Waals surface area (Å²) in [6, 6.07) is 8.33. The molecule has 1 heterocycles. The Hall–Kier alpha value is -1.10. The van der Waals surface area contributed by atoms with Crippen molar-refractivity contribution in [3.63, 3.8) is 0 Å². The molecule has 1 aliphatic rings. The number of carbonyl (C=O) groups excluding carboxylic acids is 1. The lowest BCUT2D eigenvalue weighted by Crippen LogP contribution is -2.46. The van der Waals surface area contributed by atoms with E-state index in [0.29, 0.717) is 12.6 Å². The van der Waals surface area contributed by atoms with Gasteiger partial charge in [-0.3, -0.25) is 9.69 Å². The van der Waals surface area contributed by atoms with Crippen molar-refractivity contribution in [2.45, 2.75) is 25.4 Å². The van der Waals surface area contributed by atoms with Gasteiger partial charge in [-0.25, -0.2) is 0 Å². The molecule has 5 heteroatoms. The van der Waals surface area contributed by atoms with E-state index in [-0.39, 0.29) is 5.91 Å². The molecule has 1 amide bonds. The van der Waals surface area contributed by atoms with E-state index in [9.17, 15) is 4.79 Å². The van der Waals surface area contributed by atoms with E-state index in [0.717, 1.165) is 37.5 Å². The van der Waals surface area contributed by atoms with Gasteiger partial charge in [-0.15, -0.1) is 0 Å². The van der Waals surface area contributed by atoms with Gasteiger partial charge >= 0.3 is 0 Å². The highest BCUT2D eigenvalue weighted by Crippen LogP contribution is 2.15. The standard InChI is InChI=1S/C15H22ClN3O/c1-17-10-15(20)18-14-6-8-19(9-7-14)11-12-2-4-13(16)5-3-12/h2-5,14,17H,6-11H2,1H3,(H,18,20). The van der Waals surface area contributed by atoms with Crippen LogP contribution in [0.5, 0.6) is 0 Å². The molecule has 4 nitrogen and oxygen atoms in total. The molecule has 1 saturated heterocycles. The molecule has 1 aromatic carbocycles. The van der Waals surface area contributed by atoms with Crippen LogP contribution in [0.4, 0.5) is 0 Å². The molecule has 0 atom stereocenters. The summed E-state index contributed by atoms with van der Waals surface area (Å²) in [5.41, 5.74) is 1.28. The van der Waals surface area contributed by atoms with Crippen LogP contribution in [-0.4, -0.2) is 43.5 Å². The van der Waals surface area contributed by atoms with E-state index in [1.807, 2.05) is 12.1 Å². The first kappa shape index (κ1) is 15.3. The second kappa shape index (κ2) is 7.62. The summed E-state index contributed by atoms with van der Waals surface area (Å²) in [4.78, 5) is 13.9. The van der Waals surface area contributed by atoms with Crippen molar-refractivity contribution in [2.75, 3.05) is 26.7 Å². The minimum atomic E-state index is 0.0867. The topological polar surface area (TPSA) is 44.4 Å². The molecule has 2 rings (SSSR count). The molecule has 0 radical (unpaired) electrons. The van der Waals surface area contributed by atoms with Crippen LogP contribution in [0.3, 0.4) is 0 Å². The number of benzene rings is 1. The third-order valence-electron chi connectivity index (χ3n) is 3.61. The number of likely N-dealkylation sites (tertiary alicyclic amines) is 1. The van der Waals surface area contributed by atoms with Crippen molar-refractivity contribution in [1.29, 1.82) is 0 Å². The lowest BCUT2D eigenvalue weighted by Gasteiger charge is -2.32. The van der Waals surface area contributed by atoms with Gasteiger partial charge in [-0.1, -0.05) is 23.7 Å². The largest absolute Gasteiger partial charge is 0.352 e. The monoisotopic (exact) mass is 295 g/mol. The lowest BCUT2D eigenvalue weighted by atomic mass is 10.0. The number of nitrogens with one attached hydrogen (secondary N) is 2. The van der Waals surface area contributed by atoms with Gasteiger partial charge in [0.05, 0.1) is 6.54 Å². The van der Waals surface area contributed by atoms with Crippen molar-refractivity contribution < 1.29 is 4.79 Å². The maximum Gasteiger partial charge on any atom is 0.234 e. The predicted octanol–water partition coefficient (Wildman–Crippen LogP) is 1.64. The van der Waals surface area contributed by atoms with Gasteiger partial charge in [0.15, 0.2) is 0 Å². The summed E-state index contributed by atoms with van der Waals surface area (Å²) >= 11 is 5.89. The molecule has 0 bridgehead atoms. The van der Waals surface area contributed by atoms with Crippen molar-refractivity contribution in [3.8, 4) is 0 Å². The van der Waals surface area contributed by atoms with E-state index < -0.39 is 0 Å². The molecule has 0 spiro atoms. The molecule has 1 aliphatic heterocycles. The number of hydrogen-bond acceptors (Lipinski definition) is 3. The number of rotatable bonds is 5. The molecule has 110 valence electrons. The highest BCUT2D eigenvalue weighted by Gasteiger charge is 2.20. The third-order valence-corrected chi connectivity index (χ3v) is 3.86. The van der Waals surface area contributed by atoms with E-state index in [4.69, 9.17) is 11.6 Å². The highest BCUT2D eigenvalue weighted by molar-refractivity contribution is 6.30. The second-order valence-electron chi connectivity index (χ2n) is 5.27. The maximum atomic E-state index is 11.5. The first-order chi connectivity index (χ1) is 9.67. The average Bonchev–Trinajstić information content (AvgIpc) is 2.44. The number of halogens is 1. The van der Waals surface area contributed by atoms with Crippen LogP contribution in [-0.2, 0) is 11.3 Å².